The molecule has 1 aliphatic rings. The van der Waals surface area contributed by atoms with Crippen LogP contribution in [0.15, 0.2) is 60.9 Å². The molecule has 0 radical (unpaired) electrons. The van der Waals surface area contributed by atoms with Gasteiger partial charge < -0.3 is 4.90 Å². The smallest absolute Gasteiger partial charge is 0.166 e. The number of hydrogen-bond donors (Lipinski definition) is 0. The number of imidazole rings is 1. The van der Waals surface area contributed by atoms with E-state index in [-0.39, 0.29) is 6.04 Å². The highest BCUT2D eigenvalue weighted by molar-refractivity contribution is 5.76. The van der Waals surface area contributed by atoms with Gasteiger partial charge in [-0.15, -0.1) is 0 Å². The Balaban J connectivity index is 1.60. The minimum absolute atomic E-state index is 0.284. The van der Waals surface area contributed by atoms with Gasteiger partial charge in [-0.1, -0.05) is 12.1 Å². The van der Waals surface area contributed by atoms with E-state index in [2.05, 4.69) is 11.1 Å². The average molecular weight is 401 g/mol. The highest BCUT2D eigenvalue weighted by Crippen LogP contribution is 2.37. The van der Waals surface area contributed by atoms with Crippen molar-refractivity contribution in [2.45, 2.75) is 18.9 Å². The number of halogens is 2. The molecule has 2 aromatic carbocycles. The summed E-state index contributed by atoms with van der Waals surface area (Å²) in [6.07, 6.45) is 3.22. The van der Waals surface area contributed by atoms with Crippen molar-refractivity contribution in [1.82, 2.24) is 14.5 Å². The van der Waals surface area contributed by atoms with Crippen molar-refractivity contribution < 1.29 is 8.78 Å². The number of nitrogens with zero attached hydrogens (tertiary/aromatic N) is 5. The van der Waals surface area contributed by atoms with Crippen molar-refractivity contribution in [3.05, 3.63) is 83.7 Å². The normalized spacial score (nSPS) is 16.2. The minimum atomic E-state index is -0.451. The first-order chi connectivity index (χ1) is 14.7. The van der Waals surface area contributed by atoms with Gasteiger partial charge in [0.15, 0.2) is 5.65 Å². The van der Waals surface area contributed by atoms with E-state index < -0.39 is 11.6 Å². The van der Waals surface area contributed by atoms with E-state index in [0.717, 1.165) is 18.9 Å². The van der Waals surface area contributed by atoms with E-state index >= 15 is 0 Å². The van der Waals surface area contributed by atoms with Crippen LogP contribution in [0.4, 0.5) is 14.6 Å². The zero-order valence-electron chi connectivity index (χ0n) is 16.0. The first-order valence-corrected chi connectivity index (χ1v) is 9.71. The summed E-state index contributed by atoms with van der Waals surface area (Å²) in [4.78, 5) is 11.2. The molecule has 1 aliphatic heterocycles. The molecule has 3 heterocycles. The molecule has 0 saturated carbocycles. The molecule has 5 nitrogen and oxygen atoms in total. The lowest BCUT2D eigenvalue weighted by molar-refractivity contribution is 0.560. The summed E-state index contributed by atoms with van der Waals surface area (Å²) >= 11 is 0. The summed E-state index contributed by atoms with van der Waals surface area (Å²) in [5, 5.41) is 9.45. The summed E-state index contributed by atoms with van der Waals surface area (Å²) < 4.78 is 30.0. The number of anilines is 1. The van der Waals surface area contributed by atoms with Crippen LogP contribution >= 0.6 is 0 Å². The summed E-state index contributed by atoms with van der Waals surface area (Å²) in [7, 11) is 0. The second-order valence-electron chi connectivity index (χ2n) is 7.27. The van der Waals surface area contributed by atoms with Crippen molar-refractivity contribution >= 4 is 17.0 Å². The van der Waals surface area contributed by atoms with Crippen LogP contribution in [0, 0.1) is 23.0 Å². The Hall–Kier alpha value is -3.79. The van der Waals surface area contributed by atoms with Crippen LogP contribution in [0.3, 0.4) is 0 Å². The van der Waals surface area contributed by atoms with Crippen molar-refractivity contribution in [2.75, 3.05) is 11.4 Å². The fourth-order valence-electron chi connectivity index (χ4n) is 4.13. The van der Waals surface area contributed by atoms with E-state index in [1.807, 2.05) is 35.2 Å². The largest absolute Gasteiger partial charge is 0.349 e. The van der Waals surface area contributed by atoms with Gasteiger partial charge >= 0.3 is 0 Å². The molecule has 0 bridgehead atoms. The maximum atomic E-state index is 14.4. The third-order valence-electron chi connectivity index (χ3n) is 5.53. The Kier molecular flexibility index (Phi) is 4.40. The molecule has 1 fully saturated rings. The molecule has 0 aliphatic carbocycles. The predicted molar refractivity (Wildman–Crippen MR) is 109 cm³/mol. The molecule has 5 rings (SSSR count). The maximum Gasteiger partial charge on any atom is 0.166 e. The van der Waals surface area contributed by atoms with Crippen molar-refractivity contribution in [1.29, 1.82) is 5.26 Å². The van der Waals surface area contributed by atoms with Crippen LogP contribution < -0.4 is 4.90 Å². The summed E-state index contributed by atoms with van der Waals surface area (Å²) in [5.74, 6) is -0.194. The molecule has 4 aromatic rings. The van der Waals surface area contributed by atoms with Crippen LogP contribution in [-0.4, -0.2) is 21.1 Å². The maximum absolute atomic E-state index is 14.4. The minimum Gasteiger partial charge on any atom is -0.349 e. The van der Waals surface area contributed by atoms with Crippen LogP contribution in [0.2, 0.25) is 0 Å². The van der Waals surface area contributed by atoms with Gasteiger partial charge in [0.25, 0.3) is 0 Å². The Morgan fingerprint density at radius 3 is 2.80 bits per heavy atom. The van der Waals surface area contributed by atoms with Crippen molar-refractivity contribution in [3.63, 3.8) is 0 Å². The highest BCUT2D eigenvalue weighted by atomic mass is 19.1. The summed E-state index contributed by atoms with van der Waals surface area (Å²) in [5.41, 5.74) is 2.86. The van der Waals surface area contributed by atoms with Crippen LogP contribution in [-0.2, 0) is 0 Å². The SMILES string of the molecule is N#Cc1ccccc1-n1cnc2ccc(N3CCCC3c3cc(F)ccc3F)nc21. The monoisotopic (exact) mass is 401 g/mol. The van der Waals surface area contributed by atoms with E-state index in [1.165, 1.54) is 12.1 Å². The second kappa shape index (κ2) is 7.23. The molecular weight excluding hydrogens is 384 g/mol. The molecule has 7 heteroatoms. The molecule has 148 valence electrons. The van der Waals surface area contributed by atoms with Gasteiger partial charge in [0, 0.05) is 12.1 Å². The molecule has 2 aromatic heterocycles. The summed E-state index contributed by atoms with van der Waals surface area (Å²) in [6.45, 7) is 0.696. The number of rotatable bonds is 3. The lowest BCUT2D eigenvalue weighted by atomic mass is 10.0. The number of aromatic nitrogens is 3. The average Bonchev–Trinajstić information content (AvgIpc) is 3.42. The van der Waals surface area contributed by atoms with Crippen LogP contribution in [0.5, 0.6) is 0 Å². The Morgan fingerprint density at radius 1 is 1.07 bits per heavy atom. The highest BCUT2D eigenvalue weighted by Gasteiger charge is 2.30. The van der Waals surface area contributed by atoms with Crippen molar-refractivity contribution in [3.8, 4) is 11.8 Å². The number of hydrogen-bond acceptors (Lipinski definition) is 4. The van der Waals surface area contributed by atoms with Crippen LogP contribution in [0.1, 0.15) is 30.0 Å². The topological polar surface area (TPSA) is 57.7 Å². The van der Waals surface area contributed by atoms with Gasteiger partial charge in [0.1, 0.15) is 35.4 Å². The molecule has 30 heavy (non-hydrogen) atoms. The molecule has 0 N–H and O–H groups in total. The molecular formula is C23H17F2N5. The zero-order valence-corrected chi connectivity index (χ0v) is 16.0. The fourth-order valence-corrected chi connectivity index (χ4v) is 4.13. The van der Waals surface area contributed by atoms with Gasteiger partial charge in [-0.25, -0.2) is 18.7 Å². The van der Waals surface area contributed by atoms with E-state index in [1.54, 1.807) is 17.0 Å². The first kappa shape index (κ1) is 18.3. The third-order valence-corrected chi connectivity index (χ3v) is 5.53. The molecule has 1 saturated heterocycles. The zero-order chi connectivity index (χ0) is 20.7. The van der Waals surface area contributed by atoms with Gasteiger partial charge in [0.05, 0.1) is 17.3 Å². The molecule has 1 atom stereocenters. The summed E-state index contributed by atoms with van der Waals surface area (Å²) in [6, 6.07) is 16.4. The standard InChI is InChI=1S/C23H17F2N5/c24-16-7-8-18(25)17(12-16)21-6-3-11-29(21)22-10-9-19-23(28-22)30(14-27-19)20-5-2-1-4-15(20)13-26/h1-2,4-5,7-10,12,14,21H,3,6,11H2. The fraction of sp³-hybridized carbons (Fsp3) is 0.174. The third kappa shape index (κ3) is 2.98. The van der Waals surface area contributed by atoms with E-state index in [9.17, 15) is 14.0 Å². The molecule has 1 unspecified atom stereocenters. The van der Waals surface area contributed by atoms with E-state index in [4.69, 9.17) is 4.98 Å². The second-order valence-corrected chi connectivity index (χ2v) is 7.27. The van der Waals surface area contributed by atoms with E-state index in [0.29, 0.717) is 40.3 Å². The van der Waals surface area contributed by atoms with Gasteiger partial charge in [-0.2, -0.15) is 5.26 Å². The lowest BCUT2D eigenvalue weighted by Gasteiger charge is -2.26. The van der Waals surface area contributed by atoms with Crippen molar-refractivity contribution in [2.24, 2.45) is 0 Å². The Labute approximate surface area is 171 Å². The number of para-hydroxylation sites is 1. The number of nitriles is 1. The quantitative estimate of drug-likeness (QED) is 0.489. The van der Waals surface area contributed by atoms with Gasteiger partial charge in [-0.05, 0) is 55.3 Å². The Morgan fingerprint density at radius 2 is 1.93 bits per heavy atom. The number of benzene rings is 2. The lowest BCUT2D eigenvalue weighted by Crippen LogP contribution is -2.24. The van der Waals surface area contributed by atoms with Gasteiger partial charge in [-0.3, -0.25) is 4.57 Å². The molecule has 0 amide bonds. The van der Waals surface area contributed by atoms with Crippen LogP contribution in [0.25, 0.3) is 16.9 Å². The predicted octanol–water partition coefficient (Wildman–Crippen LogP) is 4.91. The van der Waals surface area contributed by atoms with Gasteiger partial charge in [0.2, 0.25) is 0 Å². The Bertz CT molecular complexity index is 1290. The first-order valence-electron chi connectivity index (χ1n) is 9.71. The number of pyridine rings is 1. The molecule has 0 spiro atoms. The number of fused-ring (bicyclic) bond motifs is 1.